The fourth-order valence-corrected chi connectivity index (χ4v) is 3.24. The number of thiocarbonyl (C=S) groups is 1. The molecule has 1 fully saturated rings. The van der Waals surface area contributed by atoms with E-state index in [1.165, 1.54) is 17.0 Å². The second-order valence-electron chi connectivity index (χ2n) is 5.94. The molecule has 0 spiro atoms. The first kappa shape index (κ1) is 19.8. The van der Waals surface area contributed by atoms with Gasteiger partial charge in [0, 0.05) is 18.7 Å². The lowest BCUT2D eigenvalue weighted by Gasteiger charge is -2.09. The number of ether oxygens (including phenoxy) is 1. The Kier molecular flexibility index (Phi) is 5.91. The molecule has 7 nitrogen and oxygen atoms in total. The number of carbonyl (C=O) groups excluding carboxylic acids is 1. The topological polar surface area (TPSA) is 84.7 Å². The van der Waals surface area contributed by atoms with Crippen LogP contribution in [0.15, 0.2) is 48.2 Å². The molecule has 0 radical (unpaired) electrons. The number of amides is 1. The smallest absolute Gasteiger partial charge is 0.276 e. The summed E-state index contributed by atoms with van der Waals surface area (Å²) in [5.41, 5.74) is 1.75. The van der Waals surface area contributed by atoms with Crippen LogP contribution in [0.3, 0.4) is 0 Å². The van der Waals surface area contributed by atoms with E-state index >= 15 is 0 Å². The number of nitro benzene ring substituents is 1. The van der Waals surface area contributed by atoms with Crippen molar-refractivity contribution < 1.29 is 14.5 Å². The number of hydrogen-bond donors (Lipinski definition) is 1. The van der Waals surface area contributed by atoms with Gasteiger partial charge in [-0.2, -0.15) is 0 Å². The summed E-state index contributed by atoms with van der Waals surface area (Å²) in [6.07, 6.45) is 1.67. The van der Waals surface area contributed by atoms with Gasteiger partial charge in [-0.3, -0.25) is 19.8 Å². The molecule has 2 aromatic carbocycles. The average molecular weight is 418 g/mol. The van der Waals surface area contributed by atoms with Gasteiger partial charge in [0.1, 0.15) is 18.1 Å². The van der Waals surface area contributed by atoms with Gasteiger partial charge in [-0.1, -0.05) is 29.8 Å². The van der Waals surface area contributed by atoms with E-state index < -0.39 is 4.92 Å². The van der Waals surface area contributed by atoms with Crippen LogP contribution in [0.1, 0.15) is 18.1 Å². The molecule has 0 bridgehead atoms. The van der Waals surface area contributed by atoms with E-state index in [1.54, 1.807) is 36.4 Å². The van der Waals surface area contributed by atoms with Crippen LogP contribution in [0.2, 0.25) is 5.02 Å². The van der Waals surface area contributed by atoms with Crippen molar-refractivity contribution in [1.29, 1.82) is 0 Å². The fourth-order valence-electron chi connectivity index (χ4n) is 2.67. The van der Waals surface area contributed by atoms with Gasteiger partial charge in [-0.05, 0) is 48.5 Å². The maximum Gasteiger partial charge on any atom is 0.276 e. The van der Waals surface area contributed by atoms with Crippen molar-refractivity contribution in [2.75, 3.05) is 6.54 Å². The summed E-state index contributed by atoms with van der Waals surface area (Å²) >= 11 is 11.4. The molecule has 1 saturated heterocycles. The third-order valence-corrected chi connectivity index (χ3v) is 4.68. The number of nitrogens with one attached hydrogen (secondary N) is 1. The van der Waals surface area contributed by atoms with Crippen molar-refractivity contribution in [3.63, 3.8) is 0 Å². The van der Waals surface area contributed by atoms with Crippen LogP contribution in [0.4, 0.5) is 5.69 Å². The van der Waals surface area contributed by atoms with E-state index in [0.29, 0.717) is 39.3 Å². The number of nitro groups is 1. The van der Waals surface area contributed by atoms with Gasteiger partial charge < -0.3 is 10.1 Å². The molecule has 0 aromatic heterocycles. The Morgan fingerprint density at radius 3 is 2.75 bits per heavy atom. The van der Waals surface area contributed by atoms with Crippen molar-refractivity contribution in [2.24, 2.45) is 0 Å². The van der Waals surface area contributed by atoms with Crippen LogP contribution < -0.4 is 10.1 Å². The van der Waals surface area contributed by atoms with Gasteiger partial charge in [0.05, 0.1) is 9.95 Å². The Morgan fingerprint density at radius 1 is 1.32 bits per heavy atom. The Hall–Kier alpha value is -2.97. The second kappa shape index (κ2) is 8.37. The summed E-state index contributed by atoms with van der Waals surface area (Å²) < 4.78 is 5.67. The van der Waals surface area contributed by atoms with Crippen LogP contribution in [0.5, 0.6) is 5.75 Å². The molecule has 28 heavy (non-hydrogen) atoms. The molecule has 1 aliphatic heterocycles. The SMILES string of the molecule is CCN1C(=O)C(=Cc2ccc(OCc3cccc([N+](=O)[O-])c3)c(Cl)c2)NC1=S. The maximum absolute atomic E-state index is 12.2. The molecule has 0 atom stereocenters. The zero-order valence-electron chi connectivity index (χ0n) is 14.8. The standard InChI is InChI=1S/C19H16ClN3O4S/c1-2-22-18(24)16(21-19(22)28)10-12-6-7-17(15(20)9-12)27-11-13-4-3-5-14(8-13)23(25)26/h3-10H,2,11H2,1H3,(H,21,28). The lowest BCUT2D eigenvalue weighted by molar-refractivity contribution is -0.384. The number of hydrogen-bond acceptors (Lipinski definition) is 5. The lowest BCUT2D eigenvalue weighted by atomic mass is 10.1. The monoisotopic (exact) mass is 417 g/mol. The molecule has 3 rings (SSSR count). The molecule has 0 aliphatic carbocycles. The molecular weight excluding hydrogens is 402 g/mol. The Balaban J connectivity index is 1.72. The minimum absolute atomic E-state index is 0.00179. The summed E-state index contributed by atoms with van der Waals surface area (Å²) in [7, 11) is 0. The van der Waals surface area contributed by atoms with Crippen molar-refractivity contribution >= 4 is 46.6 Å². The second-order valence-corrected chi connectivity index (χ2v) is 6.74. The number of rotatable bonds is 6. The molecular formula is C19H16ClN3O4S. The molecule has 2 aromatic rings. The Morgan fingerprint density at radius 2 is 2.11 bits per heavy atom. The summed E-state index contributed by atoms with van der Waals surface area (Å²) in [6, 6.07) is 11.3. The summed E-state index contributed by atoms with van der Waals surface area (Å²) in [4.78, 5) is 24.1. The lowest BCUT2D eigenvalue weighted by Crippen LogP contribution is -2.30. The van der Waals surface area contributed by atoms with Gasteiger partial charge in [0.15, 0.2) is 5.11 Å². The molecule has 0 unspecified atom stereocenters. The molecule has 1 amide bonds. The van der Waals surface area contributed by atoms with Gasteiger partial charge >= 0.3 is 0 Å². The number of likely N-dealkylation sites (N-methyl/N-ethyl adjacent to an activating group) is 1. The largest absolute Gasteiger partial charge is 0.487 e. The van der Waals surface area contributed by atoms with Gasteiger partial charge in [0.25, 0.3) is 11.6 Å². The van der Waals surface area contributed by atoms with Gasteiger partial charge in [-0.25, -0.2) is 0 Å². The first-order valence-electron chi connectivity index (χ1n) is 8.39. The summed E-state index contributed by atoms with van der Waals surface area (Å²) in [5.74, 6) is 0.251. The molecule has 1 heterocycles. The highest BCUT2D eigenvalue weighted by molar-refractivity contribution is 7.80. The van der Waals surface area contributed by atoms with E-state index in [1.807, 2.05) is 6.92 Å². The fraction of sp³-hybridized carbons (Fsp3) is 0.158. The van der Waals surface area contributed by atoms with E-state index in [2.05, 4.69) is 5.32 Å². The summed E-state index contributed by atoms with van der Waals surface area (Å²) in [6.45, 7) is 2.48. The summed E-state index contributed by atoms with van der Waals surface area (Å²) in [5, 5.41) is 14.5. The number of halogens is 1. The number of nitrogens with zero attached hydrogens (tertiary/aromatic N) is 2. The van der Waals surface area contributed by atoms with Crippen LogP contribution in [0.25, 0.3) is 6.08 Å². The average Bonchev–Trinajstić information content (AvgIpc) is 2.94. The van der Waals surface area contributed by atoms with E-state index in [0.717, 1.165) is 0 Å². The van der Waals surface area contributed by atoms with Gasteiger partial charge in [0.2, 0.25) is 0 Å². The molecule has 9 heteroatoms. The van der Waals surface area contributed by atoms with Crippen molar-refractivity contribution in [3.05, 3.63) is 74.4 Å². The van der Waals surface area contributed by atoms with Crippen LogP contribution in [0, 0.1) is 10.1 Å². The third kappa shape index (κ3) is 4.29. The molecule has 1 aliphatic rings. The van der Waals surface area contributed by atoms with Gasteiger partial charge in [-0.15, -0.1) is 0 Å². The minimum atomic E-state index is -0.456. The molecule has 1 N–H and O–H groups in total. The number of carbonyl (C=O) groups is 1. The highest BCUT2D eigenvalue weighted by Crippen LogP contribution is 2.28. The minimum Gasteiger partial charge on any atom is -0.487 e. The normalized spacial score (nSPS) is 15.1. The highest BCUT2D eigenvalue weighted by atomic mass is 35.5. The first-order valence-corrected chi connectivity index (χ1v) is 9.18. The number of non-ortho nitro benzene ring substituents is 1. The predicted octanol–water partition coefficient (Wildman–Crippen LogP) is 3.90. The zero-order valence-corrected chi connectivity index (χ0v) is 16.4. The van der Waals surface area contributed by atoms with Crippen molar-refractivity contribution in [1.82, 2.24) is 10.2 Å². The Bertz CT molecular complexity index is 993. The van der Waals surface area contributed by atoms with E-state index in [9.17, 15) is 14.9 Å². The van der Waals surface area contributed by atoms with Crippen LogP contribution in [-0.2, 0) is 11.4 Å². The van der Waals surface area contributed by atoms with Crippen LogP contribution in [-0.4, -0.2) is 27.4 Å². The van der Waals surface area contributed by atoms with E-state index in [4.69, 9.17) is 28.6 Å². The Labute approximate surface area is 171 Å². The molecule has 0 saturated carbocycles. The predicted molar refractivity (Wildman–Crippen MR) is 110 cm³/mol. The van der Waals surface area contributed by atoms with E-state index in [-0.39, 0.29) is 18.2 Å². The zero-order chi connectivity index (χ0) is 20.3. The highest BCUT2D eigenvalue weighted by Gasteiger charge is 2.28. The maximum atomic E-state index is 12.2. The van der Waals surface area contributed by atoms with Crippen molar-refractivity contribution in [3.8, 4) is 5.75 Å². The first-order chi connectivity index (χ1) is 13.4. The quantitative estimate of drug-likeness (QED) is 0.332. The van der Waals surface area contributed by atoms with Crippen LogP contribution >= 0.6 is 23.8 Å². The molecule has 144 valence electrons. The van der Waals surface area contributed by atoms with Crippen molar-refractivity contribution in [2.45, 2.75) is 13.5 Å². The number of benzene rings is 2. The third-order valence-electron chi connectivity index (χ3n) is 4.06.